The molecule has 0 amide bonds. The maximum Gasteiger partial charge on any atom is 0.264 e. The molecule has 2 aromatic carbocycles. The molecule has 0 aromatic heterocycles. The largest absolute Gasteiger partial charge is 0.391 e. The number of nitriles is 1. The minimum Gasteiger partial charge on any atom is -0.391 e. The number of hydrogen-bond acceptors (Lipinski definition) is 3. The Kier molecular flexibility index (Phi) is 4.99. The lowest BCUT2D eigenvalue weighted by Gasteiger charge is -2.06. The first-order chi connectivity index (χ1) is 10.2. The molecule has 0 saturated carbocycles. The number of halogens is 2. The lowest BCUT2D eigenvalue weighted by molar-refractivity contribution is 0.120. The molecule has 0 heterocycles. The quantitative estimate of drug-likeness (QED) is 0.615. The van der Waals surface area contributed by atoms with Crippen LogP contribution in [0.1, 0.15) is 28.7 Å². The summed E-state index contributed by atoms with van der Waals surface area (Å²) in [5, 5.41) is 12.4. The first-order valence-corrected chi connectivity index (χ1v) is 6.22. The monoisotopic (exact) mass is 286 g/mol. The molecule has 0 radical (unpaired) electrons. The van der Waals surface area contributed by atoms with Gasteiger partial charge in [0.25, 0.3) is 6.43 Å². The summed E-state index contributed by atoms with van der Waals surface area (Å²) >= 11 is 0. The third kappa shape index (κ3) is 4.11. The molecule has 0 aliphatic rings. The highest BCUT2D eigenvalue weighted by Crippen LogP contribution is 2.23. The highest BCUT2D eigenvalue weighted by atomic mass is 19.3. The standard InChI is InChI=1S/C16H12F2N2O/c17-16(18)15-4-2-1-3-14(15)11-21-20-10-13-7-5-12(9-19)6-8-13/h1-8,10,16H,11H2. The molecule has 106 valence electrons. The first kappa shape index (κ1) is 14.7. The van der Waals surface area contributed by atoms with Gasteiger partial charge in [-0.25, -0.2) is 8.78 Å². The number of hydrogen-bond donors (Lipinski definition) is 0. The summed E-state index contributed by atoms with van der Waals surface area (Å²) in [5.41, 5.74) is 1.67. The summed E-state index contributed by atoms with van der Waals surface area (Å²) in [7, 11) is 0. The van der Waals surface area contributed by atoms with Gasteiger partial charge >= 0.3 is 0 Å². The second-order valence-corrected chi connectivity index (χ2v) is 4.24. The number of nitrogens with zero attached hydrogens (tertiary/aromatic N) is 2. The van der Waals surface area contributed by atoms with Gasteiger partial charge in [-0.15, -0.1) is 0 Å². The van der Waals surface area contributed by atoms with Crippen molar-refractivity contribution >= 4 is 6.21 Å². The van der Waals surface area contributed by atoms with Crippen LogP contribution in [0.2, 0.25) is 0 Å². The molecule has 3 nitrogen and oxygen atoms in total. The molecule has 0 atom stereocenters. The number of alkyl halides is 2. The topological polar surface area (TPSA) is 45.4 Å². The van der Waals surface area contributed by atoms with Crippen molar-refractivity contribution in [2.75, 3.05) is 0 Å². The van der Waals surface area contributed by atoms with Gasteiger partial charge in [0.1, 0.15) is 6.61 Å². The van der Waals surface area contributed by atoms with Crippen molar-refractivity contribution in [1.82, 2.24) is 0 Å². The molecule has 2 rings (SSSR count). The Morgan fingerprint density at radius 3 is 2.52 bits per heavy atom. The molecular weight excluding hydrogens is 274 g/mol. The van der Waals surface area contributed by atoms with E-state index in [1.165, 1.54) is 12.3 Å². The summed E-state index contributed by atoms with van der Waals surface area (Å²) < 4.78 is 25.5. The van der Waals surface area contributed by atoms with Gasteiger partial charge in [0.2, 0.25) is 0 Å². The Morgan fingerprint density at radius 1 is 1.14 bits per heavy atom. The molecule has 0 fully saturated rings. The van der Waals surface area contributed by atoms with E-state index in [-0.39, 0.29) is 12.2 Å². The summed E-state index contributed by atoms with van der Waals surface area (Å²) in [4.78, 5) is 5.04. The third-order valence-electron chi connectivity index (χ3n) is 2.83. The predicted molar refractivity (Wildman–Crippen MR) is 74.9 cm³/mol. The lowest BCUT2D eigenvalue weighted by atomic mass is 10.1. The van der Waals surface area contributed by atoms with Crippen molar-refractivity contribution in [3.8, 4) is 6.07 Å². The van der Waals surface area contributed by atoms with Crippen molar-refractivity contribution in [3.05, 3.63) is 70.8 Å². The molecule has 0 saturated heterocycles. The SMILES string of the molecule is N#Cc1ccc(C=NOCc2ccccc2C(F)F)cc1. The Labute approximate surface area is 121 Å². The van der Waals surface area contributed by atoms with Crippen LogP contribution in [0.15, 0.2) is 53.7 Å². The first-order valence-electron chi connectivity index (χ1n) is 6.22. The van der Waals surface area contributed by atoms with Crippen LogP contribution in [0.4, 0.5) is 8.78 Å². The highest BCUT2D eigenvalue weighted by Gasteiger charge is 2.11. The van der Waals surface area contributed by atoms with E-state index in [2.05, 4.69) is 5.16 Å². The zero-order chi connectivity index (χ0) is 15.1. The van der Waals surface area contributed by atoms with Crippen molar-refractivity contribution < 1.29 is 13.6 Å². The van der Waals surface area contributed by atoms with Crippen LogP contribution >= 0.6 is 0 Å². The van der Waals surface area contributed by atoms with E-state index >= 15 is 0 Å². The predicted octanol–water partition coefficient (Wildman–Crippen LogP) is 4.05. The fourth-order valence-corrected chi connectivity index (χ4v) is 1.73. The number of rotatable bonds is 5. The second kappa shape index (κ2) is 7.15. The number of oxime groups is 1. The van der Waals surface area contributed by atoms with Crippen LogP contribution in [0, 0.1) is 11.3 Å². The lowest BCUT2D eigenvalue weighted by Crippen LogP contribution is -1.95. The van der Waals surface area contributed by atoms with Gasteiger partial charge in [0.05, 0.1) is 17.8 Å². The van der Waals surface area contributed by atoms with E-state index in [0.717, 1.165) is 5.56 Å². The molecule has 0 bridgehead atoms. The summed E-state index contributed by atoms with van der Waals surface area (Å²) in [6.45, 7) is -0.0205. The van der Waals surface area contributed by atoms with E-state index in [4.69, 9.17) is 10.1 Å². The van der Waals surface area contributed by atoms with Gasteiger partial charge in [-0.05, 0) is 17.7 Å². The van der Waals surface area contributed by atoms with Crippen LogP contribution in [0.5, 0.6) is 0 Å². The van der Waals surface area contributed by atoms with Crippen LogP contribution in [-0.4, -0.2) is 6.21 Å². The Morgan fingerprint density at radius 2 is 1.86 bits per heavy atom. The van der Waals surface area contributed by atoms with Crippen LogP contribution in [0.25, 0.3) is 0 Å². The van der Waals surface area contributed by atoms with E-state index in [1.54, 1.807) is 42.5 Å². The van der Waals surface area contributed by atoms with Gasteiger partial charge in [-0.2, -0.15) is 5.26 Å². The van der Waals surface area contributed by atoms with Crippen molar-refractivity contribution in [1.29, 1.82) is 5.26 Å². The van der Waals surface area contributed by atoms with Gasteiger partial charge in [0.15, 0.2) is 0 Å². The second-order valence-electron chi connectivity index (χ2n) is 4.24. The van der Waals surface area contributed by atoms with Gasteiger partial charge < -0.3 is 4.84 Å². The van der Waals surface area contributed by atoms with Gasteiger partial charge in [-0.3, -0.25) is 0 Å². The molecule has 5 heteroatoms. The number of benzene rings is 2. The van der Waals surface area contributed by atoms with Gasteiger partial charge in [0, 0.05) is 11.1 Å². The van der Waals surface area contributed by atoms with E-state index in [1.807, 2.05) is 6.07 Å². The Bertz CT molecular complexity index is 661. The fourth-order valence-electron chi connectivity index (χ4n) is 1.73. The minimum atomic E-state index is -2.53. The minimum absolute atomic E-state index is 0.0205. The highest BCUT2D eigenvalue weighted by molar-refractivity contribution is 5.79. The molecule has 21 heavy (non-hydrogen) atoms. The smallest absolute Gasteiger partial charge is 0.264 e. The van der Waals surface area contributed by atoms with E-state index in [0.29, 0.717) is 11.1 Å². The molecular formula is C16H12F2N2O. The third-order valence-corrected chi connectivity index (χ3v) is 2.83. The average Bonchev–Trinajstić information content (AvgIpc) is 2.52. The van der Waals surface area contributed by atoms with E-state index < -0.39 is 6.43 Å². The van der Waals surface area contributed by atoms with Crippen molar-refractivity contribution in [3.63, 3.8) is 0 Å². The summed E-state index contributed by atoms with van der Waals surface area (Å²) in [5.74, 6) is 0. The maximum atomic E-state index is 12.8. The van der Waals surface area contributed by atoms with Crippen LogP contribution < -0.4 is 0 Å². The molecule has 0 aliphatic carbocycles. The Hall–Kier alpha value is -2.74. The van der Waals surface area contributed by atoms with Crippen molar-refractivity contribution in [2.45, 2.75) is 13.0 Å². The van der Waals surface area contributed by atoms with Crippen LogP contribution in [-0.2, 0) is 11.4 Å². The maximum absolute atomic E-state index is 12.8. The Balaban J connectivity index is 1.95. The average molecular weight is 286 g/mol. The molecule has 0 unspecified atom stereocenters. The molecule has 0 N–H and O–H groups in total. The molecule has 2 aromatic rings. The van der Waals surface area contributed by atoms with Gasteiger partial charge in [-0.1, -0.05) is 41.6 Å². The van der Waals surface area contributed by atoms with E-state index in [9.17, 15) is 8.78 Å². The zero-order valence-corrected chi connectivity index (χ0v) is 11.0. The fraction of sp³-hybridized carbons (Fsp3) is 0.125. The summed E-state index contributed by atoms with van der Waals surface area (Å²) in [6, 6.07) is 15.0. The van der Waals surface area contributed by atoms with Crippen LogP contribution in [0.3, 0.4) is 0 Å². The zero-order valence-electron chi connectivity index (χ0n) is 11.0. The molecule has 0 spiro atoms. The summed E-state index contributed by atoms with van der Waals surface area (Å²) in [6.07, 6.45) is -1.07. The normalized spacial score (nSPS) is 10.8. The van der Waals surface area contributed by atoms with Crippen molar-refractivity contribution in [2.24, 2.45) is 5.16 Å². The molecule has 0 aliphatic heterocycles.